The number of rotatable bonds is 5. The lowest BCUT2D eigenvalue weighted by Gasteiger charge is -2.35. The van der Waals surface area contributed by atoms with Crippen LogP contribution in [-0.2, 0) is 14.2 Å². The Morgan fingerprint density at radius 3 is 3.00 bits per heavy atom. The van der Waals surface area contributed by atoms with Crippen molar-refractivity contribution in [2.45, 2.75) is 12.5 Å². The van der Waals surface area contributed by atoms with E-state index in [9.17, 15) is 9.59 Å². The molecule has 0 spiro atoms. The zero-order chi connectivity index (χ0) is 15.9. The van der Waals surface area contributed by atoms with Crippen molar-refractivity contribution in [3.8, 4) is 0 Å². The normalized spacial score (nSPS) is 18.1. The van der Waals surface area contributed by atoms with E-state index in [1.165, 1.54) is 13.3 Å². The fraction of sp³-hybridized carbons (Fsp3) is 0.533. The number of nitrogens with zero attached hydrogens (tertiary/aromatic N) is 2. The first-order chi connectivity index (χ1) is 10.7. The summed E-state index contributed by atoms with van der Waals surface area (Å²) >= 11 is 0. The van der Waals surface area contributed by atoms with E-state index in [1.54, 1.807) is 24.1 Å². The summed E-state index contributed by atoms with van der Waals surface area (Å²) in [6.07, 6.45) is 2.14. The minimum atomic E-state index is -0.620. The summed E-state index contributed by atoms with van der Waals surface area (Å²) in [6, 6.07) is 3.14. The van der Waals surface area contributed by atoms with Gasteiger partial charge >= 0.3 is 5.97 Å². The molecule has 1 aromatic heterocycles. The third kappa shape index (κ3) is 3.61. The van der Waals surface area contributed by atoms with Crippen LogP contribution in [0.1, 0.15) is 27.3 Å². The fourth-order valence-corrected chi connectivity index (χ4v) is 2.41. The smallest absolute Gasteiger partial charge is 0.357 e. The lowest BCUT2D eigenvalue weighted by atomic mass is 10.1. The van der Waals surface area contributed by atoms with Gasteiger partial charge in [0.1, 0.15) is 0 Å². The highest BCUT2D eigenvalue weighted by Gasteiger charge is 2.30. The maximum atomic E-state index is 12.8. The van der Waals surface area contributed by atoms with Crippen LogP contribution < -0.4 is 0 Å². The van der Waals surface area contributed by atoms with E-state index in [-0.39, 0.29) is 23.2 Å². The van der Waals surface area contributed by atoms with Crippen molar-refractivity contribution in [1.82, 2.24) is 9.88 Å². The number of carbonyl (C=O) groups excluding carboxylic acids is 2. The lowest BCUT2D eigenvalue weighted by Crippen LogP contribution is -2.49. The van der Waals surface area contributed by atoms with Crippen LogP contribution in [0.15, 0.2) is 18.3 Å². The number of ether oxygens (including phenoxy) is 3. The highest BCUT2D eigenvalue weighted by molar-refractivity contribution is 6.04. The maximum Gasteiger partial charge on any atom is 0.357 e. The van der Waals surface area contributed by atoms with E-state index in [4.69, 9.17) is 9.47 Å². The molecule has 0 N–H and O–H groups in total. The van der Waals surface area contributed by atoms with Gasteiger partial charge in [0, 0.05) is 26.5 Å². The van der Waals surface area contributed by atoms with Crippen LogP contribution in [-0.4, -0.2) is 68.4 Å². The average Bonchev–Trinajstić information content (AvgIpc) is 2.59. The topological polar surface area (TPSA) is 78.0 Å². The largest absolute Gasteiger partial charge is 0.464 e. The maximum absolute atomic E-state index is 12.8. The van der Waals surface area contributed by atoms with Gasteiger partial charge in [-0.15, -0.1) is 0 Å². The van der Waals surface area contributed by atoms with E-state index < -0.39 is 5.97 Å². The first-order valence-corrected chi connectivity index (χ1v) is 7.10. The van der Waals surface area contributed by atoms with Gasteiger partial charge in [-0.2, -0.15) is 0 Å². The molecule has 0 bridgehead atoms. The van der Waals surface area contributed by atoms with Gasteiger partial charge in [-0.05, 0) is 18.6 Å². The summed E-state index contributed by atoms with van der Waals surface area (Å²) in [5.41, 5.74) is 0.283. The van der Waals surface area contributed by atoms with Gasteiger partial charge in [0.2, 0.25) is 0 Å². The standard InChI is InChI=1S/C15H20N2O5/c1-20-8-5-11-10-22-9-7-17(11)14(18)12-4-3-6-16-13(12)15(19)21-2/h3-4,6,11H,5,7-10H2,1-2H3/t11-/m1/s1. The Hall–Kier alpha value is -1.99. The second-order valence-electron chi connectivity index (χ2n) is 4.90. The Kier molecular flexibility index (Phi) is 5.85. The van der Waals surface area contributed by atoms with E-state index in [0.717, 1.165) is 0 Å². The first-order valence-electron chi connectivity index (χ1n) is 7.10. The van der Waals surface area contributed by atoms with Crippen molar-refractivity contribution in [2.75, 3.05) is 40.6 Å². The zero-order valence-electron chi connectivity index (χ0n) is 12.8. The van der Waals surface area contributed by atoms with Gasteiger partial charge in [0.15, 0.2) is 5.69 Å². The third-order valence-electron chi connectivity index (χ3n) is 3.56. The second kappa shape index (κ2) is 7.86. The Bertz CT molecular complexity index is 534. The van der Waals surface area contributed by atoms with Crippen LogP contribution in [0.2, 0.25) is 0 Å². The van der Waals surface area contributed by atoms with Crippen LogP contribution in [0, 0.1) is 0 Å². The highest BCUT2D eigenvalue weighted by Crippen LogP contribution is 2.17. The molecule has 22 heavy (non-hydrogen) atoms. The van der Waals surface area contributed by atoms with Gasteiger partial charge in [0.25, 0.3) is 5.91 Å². The van der Waals surface area contributed by atoms with Gasteiger partial charge in [-0.25, -0.2) is 9.78 Å². The summed E-state index contributed by atoms with van der Waals surface area (Å²) in [4.78, 5) is 30.3. The predicted octanol–water partition coefficient (Wildman–Crippen LogP) is 0.746. The minimum absolute atomic E-state index is 0.0342. The first kappa shape index (κ1) is 16.4. The quantitative estimate of drug-likeness (QED) is 0.747. The number of methoxy groups -OCH3 is 2. The molecule has 7 nitrogen and oxygen atoms in total. The van der Waals surface area contributed by atoms with E-state index in [0.29, 0.717) is 32.8 Å². The molecule has 0 radical (unpaired) electrons. The molecule has 2 heterocycles. The monoisotopic (exact) mass is 308 g/mol. The summed E-state index contributed by atoms with van der Waals surface area (Å²) in [6.45, 7) is 1.95. The van der Waals surface area contributed by atoms with Crippen molar-refractivity contribution in [3.05, 3.63) is 29.6 Å². The number of esters is 1. The molecule has 1 aromatic rings. The molecule has 0 saturated carbocycles. The van der Waals surface area contributed by atoms with E-state index in [1.807, 2.05) is 0 Å². The number of aromatic nitrogens is 1. The number of pyridine rings is 1. The van der Waals surface area contributed by atoms with Crippen molar-refractivity contribution in [2.24, 2.45) is 0 Å². The van der Waals surface area contributed by atoms with Crippen LogP contribution in [0.25, 0.3) is 0 Å². The molecule has 7 heteroatoms. The molecule has 1 fully saturated rings. The van der Waals surface area contributed by atoms with Crippen molar-refractivity contribution in [1.29, 1.82) is 0 Å². The Labute approximate surface area is 129 Å². The molecule has 1 atom stereocenters. The molecule has 0 unspecified atom stereocenters. The van der Waals surface area contributed by atoms with Crippen LogP contribution in [0.5, 0.6) is 0 Å². The summed E-state index contributed by atoms with van der Waals surface area (Å²) < 4.78 is 15.2. The molecule has 0 aliphatic carbocycles. The Balaban J connectivity index is 2.24. The molecular formula is C15H20N2O5. The van der Waals surface area contributed by atoms with Crippen molar-refractivity contribution >= 4 is 11.9 Å². The number of morpholine rings is 1. The number of amides is 1. The molecule has 1 aliphatic heterocycles. The van der Waals surface area contributed by atoms with Gasteiger partial charge in [0.05, 0.1) is 31.9 Å². The SMILES string of the molecule is COCC[C@@H]1COCCN1C(=O)c1cccnc1C(=O)OC. The Morgan fingerprint density at radius 2 is 2.27 bits per heavy atom. The molecule has 1 saturated heterocycles. The predicted molar refractivity (Wildman–Crippen MR) is 77.7 cm³/mol. The third-order valence-corrected chi connectivity index (χ3v) is 3.56. The number of hydrogen-bond donors (Lipinski definition) is 0. The van der Waals surface area contributed by atoms with Gasteiger partial charge in [-0.3, -0.25) is 4.79 Å². The molecule has 1 aliphatic rings. The molecule has 1 amide bonds. The molecule has 2 rings (SSSR count). The lowest BCUT2D eigenvalue weighted by molar-refractivity contribution is -0.0105. The Morgan fingerprint density at radius 1 is 1.45 bits per heavy atom. The van der Waals surface area contributed by atoms with E-state index >= 15 is 0 Å². The zero-order valence-corrected chi connectivity index (χ0v) is 12.8. The second-order valence-corrected chi connectivity index (χ2v) is 4.90. The number of hydrogen-bond acceptors (Lipinski definition) is 6. The summed E-state index contributed by atoms with van der Waals surface area (Å²) in [5.74, 6) is -0.858. The summed E-state index contributed by atoms with van der Waals surface area (Å²) in [5, 5.41) is 0. The molecule has 120 valence electrons. The number of carbonyl (C=O) groups is 2. The minimum Gasteiger partial charge on any atom is -0.464 e. The average molecular weight is 308 g/mol. The molecule has 0 aromatic carbocycles. The molecular weight excluding hydrogens is 288 g/mol. The highest BCUT2D eigenvalue weighted by atomic mass is 16.5. The van der Waals surface area contributed by atoms with Crippen molar-refractivity contribution < 1.29 is 23.8 Å². The fourth-order valence-electron chi connectivity index (χ4n) is 2.41. The van der Waals surface area contributed by atoms with Crippen LogP contribution in [0.3, 0.4) is 0 Å². The van der Waals surface area contributed by atoms with Crippen LogP contribution >= 0.6 is 0 Å². The van der Waals surface area contributed by atoms with Crippen LogP contribution in [0.4, 0.5) is 0 Å². The van der Waals surface area contributed by atoms with Gasteiger partial charge < -0.3 is 19.1 Å². The van der Waals surface area contributed by atoms with Gasteiger partial charge in [-0.1, -0.05) is 0 Å². The van der Waals surface area contributed by atoms with Crippen molar-refractivity contribution in [3.63, 3.8) is 0 Å². The summed E-state index contributed by atoms with van der Waals surface area (Å²) in [7, 11) is 2.88. The van der Waals surface area contributed by atoms with E-state index in [2.05, 4.69) is 9.72 Å².